The monoisotopic (exact) mass is 612 g/mol. The fraction of sp³-hybridized carbons (Fsp3) is 0.516. The van der Waals surface area contributed by atoms with Gasteiger partial charge in [0.25, 0.3) is 21.9 Å². The highest BCUT2D eigenvalue weighted by atomic mass is 32.2. The number of likely N-dealkylation sites (tertiary alicyclic amines) is 1. The van der Waals surface area contributed by atoms with Crippen LogP contribution < -0.4 is 0 Å². The van der Waals surface area contributed by atoms with Gasteiger partial charge in [-0.3, -0.25) is 23.5 Å². The molecule has 0 aromatic heterocycles. The standard InChI is InChI=1S/C31H40N2O7SSi/c1-21-5-8-26(9-6-21)41(37,38)40-19-22-15-24(16-22)23-7-10-27-25(17-23)18-32(30(27)35)28-11-12-29(34)33(31(28)36)20-39-13-14-42(2,3)4/h5-10,17,22,24,28H,11-16,18-20H2,1-4H3. The maximum atomic E-state index is 13.3. The largest absolute Gasteiger partial charge is 0.361 e. The van der Waals surface area contributed by atoms with Crippen LogP contribution in [0.2, 0.25) is 25.7 Å². The van der Waals surface area contributed by atoms with E-state index in [9.17, 15) is 22.8 Å². The van der Waals surface area contributed by atoms with Crippen molar-refractivity contribution in [2.45, 2.75) is 81.7 Å². The second kappa shape index (κ2) is 12.0. The lowest BCUT2D eigenvalue weighted by Crippen LogP contribution is -2.55. The van der Waals surface area contributed by atoms with E-state index < -0.39 is 24.2 Å². The first-order valence-corrected chi connectivity index (χ1v) is 19.8. The molecule has 2 aromatic carbocycles. The molecule has 5 rings (SSSR count). The third kappa shape index (κ3) is 6.69. The predicted octanol–water partition coefficient (Wildman–Crippen LogP) is 4.68. The molecule has 9 nitrogen and oxygen atoms in total. The van der Waals surface area contributed by atoms with Crippen LogP contribution >= 0.6 is 0 Å². The number of hydrogen-bond donors (Lipinski definition) is 0. The van der Waals surface area contributed by atoms with Crippen LogP contribution in [0, 0.1) is 12.8 Å². The average molecular weight is 613 g/mol. The van der Waals surface area contributed by atoms with Crippen LogP contribution in [0.1, 0.15) is 58.6 Å². The molecule has 0 spiro atoms. The molecule has 1 unspecified atom stereocenters. The Labute approximate surface area is 249 Å². The summed E-state index contributed by atoms with van der Waals surface area (Å²) in [5.41, 5.74) is 3.55. The molecule has 42 heavy (non-hydrogen) atoms. The highest BCUT2D eigenvalue weighted by molar-refractivity contribution is 7.86. The summed E-state index contributed by atoms with van der Waals surface area (Å²) in [5.74, 6) is -0.426. The van der Waals surface area contributed by atoms with Gasteiger partial charge in [-0.2, -0.15) is 8.42 Å². The number of fused-ring (bicyclic) bond motifs is 1. The molecular weight excluding hydrogens is 573 g/mol. The molecule has 0 bridgehead atoms. The highest BCUT2D eigenvalue weighted by Gasteiger charge is 2.43. The molecule has 1 saturated heterocycles. The molecule has 3 aliphatic rings. The van der Waals surface area contributed by atoms with Crippen molar-refractivity contribution in [2.24, 2.45) is 5.92 Å². The molecule has 1 aliphatic carbocycles. The van der Waals surface area contributed by atoms with Gasteiger partial charge in [0.05, 0.1) is 11.5 Å². The summed E-state index contributed by atoms with van der Waals surface area (Å²) >= 11 is 0. The Balaban J connectivity index is 1.15. The number of nitrogens with zero attached hydrogens (tertiary/aromatic N) is 2. The topological polar surface area (TPSA) is 110 Å². The maximum absolute atomic E-state index is 13.3. The summed E-state index contributed by atoms with van der Waals surface area (Å²) in [6, 6.07) is 12.7. The van der Waals surface area contributed by atoms with Crippen molar-refractivity contribution < 1.29 is 31.7 Å². The third-order valence-electron chi connectivity index (χ3n) is 8.51. The Hall–Kier alpha value is -2.86. The fourth-order valence-electron chi connectivity index (χ4n) is 5.75. The van der Waals surface area contributed by atoms with Crippen molar-refractivity contribution in [3.63, 3.8) is 0 Å². The maximum Gasteiger partial charge on any atom is 0.296 e. The first kappa shape index (κ1) is 30.6. The minimum absolute atomic E-state index is 0.0728. The van der Waals surface area contributed by atoms with Gasteiger partial charge < -0.3 is 9.64 Å². The molecule has 2 aliphatic heterocycles. The van der Waals surface area contributed by atoms with Gasteiger partial charge in [0, 0.05) is 33.2 Å². The molecular formula is C31H40N2O7SSi. The van der Waals surface area contributed by atoms with Crippen LogP contribution in [0.25, 0.3) is 0 Å². The summed E-state index contributed by atoms with van der Waals surface area (Å²) in [6.07, 6.45) is 2.11. The minimum Gasteiger partial charge on any atom is -0.361 e. The molecule has 0 N–H and O–H groups in total. The number of aryl methyl sites for hydroxylation is 1. The third-order valence-corrected chi connectivity index (χ3v) is 11.5. The number of carbonyl (C=O) groups is 3. The lowest BCUT2D eigenvalue weighted by molar-refractivity contribution is -0.158. The normalized spacial score (nSPS) is 22.9. The number of ether oxygens (including phenoxy) is 1. The SMILES string of the molecule is Cc1ccc(S(=O)(=O)OCC2CC(c3ccc4c(c3)CN(C3CCC(=O)N(COCC[Si](C)(C)C)C3=O)C4=O)C2)cc1. The number of imide groups is 1. The van der Waals surface area contributed by atoms with Gasteiger partial charge in [0.2, 0.25) is 5.91 Å². The lowest BCUT2D eigenvalue weighted by atomic mass is 9.71. The first-order chi connectivity index (χ1) is 19.8. The number of hydrogen-bond acceptors (Lipinski definition) is 7. The predicted molar refractivity (Wildman–Crippen MR) is 160 cm³/mol. The van der Waals surface area contributed by atoms with Crippen LogP contribution in [0.4, 0.5) is 0 Å². The van der Waals surface area contributed by atoms with Crippen molar-refractivity contribution in [3.8, 4) is 0 Å². The van der Waals surface area contributed by atoms with E-state index in [4.69, 9.17) is 8.92 Å². The van der Waals surface area contributed by atoms with Gasteiger partial charge >= 0.3 is 0 Å². The van der Waals surface area contributed by atoms with E-state index in [1.807, 2.05) is 25.1 Å². The van der Waals surface area contributed by atoms with Crippen molar-refractivity contribution in [1.29, 1.82) is 0 Å². The van der Waals surface area contributed by atoms with E-state index in [1.165, 1.54) is 0 Å². The van der Waals surface area contributed by atoms with Gasteiger partial charge in [-0.25, -0.2) is 0 Å². The second-order valence-corrected chi connectivity index (χ2v) is 20.2. The van der Waals surface area contributed by atoms with Crippen molar-refractivity contribution in [2.75, 3.05) is 19.9 Å². The van der Waals surface area contributed by atoms with Crippen LogP contribution in [-0.2, 0) is 35.2 Å². The molecule has 11 heteroatoms. The lowest BCUT2D eigenvalue weighted by Gasteiger charge is -2.35. The van der Waals surface area contributed by atoms with E-state index >= 15 is 0 Å². The van der Waals surface area contributed by atoms with Gasteiger partial charge in [-0.05, 0) is 73.4 Å². The molecule has 3 amide bonds. The zero-order valence-corrected chi connectivity index (χ0v) is 26.6. The number of amides is 3. The quantitative estimate of drug-likeness (QED) is 0.157. The van der Waals surface area contributed by atoms with Crippen LogP contribution in [0.5, 0.6) is 0 Å². The molecule has 0 radical (unpaired) electrons. The first-order valence-electron chi connectivity index (χ1n) is 14.6. The summed E-state index contributed by atoms with van der Waals surface area (Å²) < 4.78 is 36.1. The van der Waals surface area contributed by atoms with Crippen LogP contribution in [0.15, 0.2) is 47.4 Å². The Bertz CT molecular complexity index is 1460. The van der Waals surface area contributed by atoms with E-state index in [0.29, 0.717) is 25.1 Å². The van der Waals surface area contributed by atoms with Gasteiger partial charge in [-0.15, -0.1) is 0 Å². The number of rotatable bonds is 11. The van der Waals surface area contributed by atoms with Gasteiger partial charge in [0.15, 0.2) is 0 Å². The molecule has 2 heterocycles. The zero-order chi connectivity index (χ0) is 30.2. The number of piperidine rings is 1. The Kier molecular flexibility index (Phi) is 8.76. The van der Waals surface area contributed by atoms with Crippen LogP contribution in [0.3, 0.4) is 0 Å². The van der Waals surface area contributed by atoms with Gasteiger partial charge in [-0.1, -0.05) is 49.5 Å². The average Bonchev–Trinajstić information content (AvgIpc) is 3.22. The van der Waals surface area contributed by atoms with E-state index in [1.54, 1.807) is 29.2 Å². The molecule has 2 aromatic rings. The molecule has 2 fully saturated rings. The number of benzene rings is 2. The Morgan fingerprint density at radius 1 is 1.00 bits per heavy atom. The summed E-state index contributed by atoms with van der Waals surface area (Å²) in [7, 11) is -5.08. The van der Waals surface area contributed by atoms with Crippen molar-refractivity contribution >= 4 is 35.9 Å². The fourth-order valence-corrected chi connectivity index (χ4v) is 7.49. The molecule has 226 valence electrons. The summed E-state index contributed by atoms with van der Waals surface area (Å²) in [5, 5.41) is 0. The van der Waals surface area contributed by atoms with Gasteiger partial charge in [0.1, 0.15) is 12.8 Å². The van der Waals surface area contributed by atoms with Crippen LogP contribution in [-0.4, -0.2) is 70.0 Å². The summed E-state index contributed by atoms with van der Waals surface area (Å²) in [4.78, 5) is 42.0. The van der Waals surface area contributed by atoms with Crippen molar-refractivity contribution in [3.05, 3.63) is 64.7 Å². The highest BCUT2D eigenvalue weighted by Crippen LogP contribution is 2.43. The zero-order valence-electron chi connectivity index (χ0n) is 24.8. The summed E-state index contributed by atoms with van der Waals surface area (Å²) in [6.45, 7) is 9.52. The second-order valence-electron chi connectivity index (χ2n) is 13.0. The molecule has 1 atom stereocenters. The van der Waals surface area contributed by atoms with E-state index in [0.717, 1.165) is 40.5 Å². The smallest absolute Gasteiger partial charge is 0.296 e. The van der Waals surface area contributed by atoms with E-state index in [-0.39, 0.29) is 54.2 Å². The van der Waals surface area contributed by atoms with Crippen molar-refractivity contribution in [1.82, 2.24) is 9.80 Å². The Morgan fingerprint density at radius 3 is 2.40 bits per heavy atom. The number of carbonyl (C=O) groups excluding carboxylic acids is 3. The van der Waals surface area contributed by atoms with E-state index in [2.05, 4.69) is 19.6 Å². The molecule has 1 saturated carbocycles. The Morgan fingerprint density at radius 2 is 1.71 bits per heavy atom. The minimum atomic E-state index is -3.79.